The molecule has 2 atom stereocenters. The van der Waals surface area contributed by atoms with Gasteiger partial charge in [0, 0.05) is 32.8 Å². The summed E-state index contributed by atoms with van der Waals surface area (Å²) >= 11 is 0. The second kappa shape index (κ2) is 6.52. The summed E-state index contributed by atoms with van der Waals surface area (Å²) in [4.78, 5) is 0. The summed E-state index contributed by atoms with van der Waals surface area (Å²) in [6.07, 6.45) is 7.24. The average Bonchev–Trinajstić information content (AvgIpc) is 2.43. The molecule has 0 amide bonds. The molecule has 1 saturated heterocycles. The molecule has 1 aliphatic heterocycles. The molecule has 112 valence electrons. The maximum absolute atomic E-state index is 12.6. The van der Waals surface area contributed by atoms with Crippen LogP contribution < -0.4 is 0 Å². The summed E-state index contributed by atoms with van der Waals surface area (Å²) in [6, 6.07) is 0.212. The molecule has 0 bridgehead atoms. The van der Waals surface area contributed by atoms with E-state index in [-0.39, 0.29) is 12.6 Å². The Bertz CT molecular complexity index is 383. The lowest BCUT2D eigenvalue weighted by atomic mass is 9.79. The first kappa shape index (κ1) is 15.2. The fourth-order valence-electron chi connectivity index (χ4n) is 3.45. The SMILES string of the molecule is CN(CCCO)S(=O)(=O)N1CCCC2CCCCC21. The van der Waals surface area contributed by atoms with Gasteiger partial charge in [-0.2, -0.15) is 17.0 Å². The highest BCUT2D eigenvalue weighted by Gasteiger charge is 2.40. The van der Waals surface area contributed by atoms with Gasteiger partial charge in [0.1, 0.15) is 0 Å². The van der Waals surface area contributed by atoms with Crippen molar-refractivity contribution in [3.05, 3.63) is 0 Å². The summed E-state index contributed by atoms with van der Waals surface area (Å²) in [5.41, 5.74) is 0. The molecule has 1 N–H and O–H groups in total. The molecule has 2 aliphatic rings. The Balaban J connectivity index is 2.09. The fourth-order valence-corrected chi connectivity index (χ4v) is 5.15. The van der Waals surface area contributed by atoms with Crippen LogP contribution in [-0.4, -0.2) is 54.9 Å². The van der Waals surface area contributed by atoms with Crippen LogP contribution in [-0.2, 0) is 10.2 Å². The standard InChI is InChI=1S/C13H26N2O3S/c1-14(9-5-11-16)19(17,18)15-10-4-7-12-6-2-3-8-13(12)15/h12-13,16H,2-11H2,1H3. The van der Waals surface area contributed by atoms with E-state index < -0.39 is 10.2 Å². The number of piperidine rings is 1. The molecule has 2 unspecified atom stereocenters. The zero-order valence-corrected chi connectivity index (χ0v) is 12.6. The second-order valence-corrected chi connectivity index (χ2v) is 7.76. The minimum Gasteiger partial charge on any atom is -0.396 e. The maximum atomic E-state index is 12.6. The van der Waals surface area contributed by atoms with Gasteiger partial charge < -0.3 is 5.11 Å². The van der Waals surface area contributed by atoms with Crippen LogP contribution in [0.1, 0.15) is 44.9 Å². The molecule has 0 radical (unpaired) electrons. The smallest absolute Gasteiger partial charge is 0.281 e. The van der Waals surface area contributed by atoms with Crippen LogP contribution >= 0.6 is 0 Å². The van der Waals surface area contributed by atoms with Crippen LogP contribution in [0.2, 0.25) is 0 Å². The van der Waals surface area contributed by atoms with Crippen molar-refractivity contribution in [1.29, 1.82) is 0 Å². The average molecular weight is 290 g/mol. The van der Waals surface area contributed by atoms with Crippen molar-refractivity contribution in [2.45, 2.75) is 51.0 Å². The normalized spacial score (nSPS) is 29.4. The topological polar surface area (TPSA) is 60.9 Å². The summed E-state index contributed by atoms with van der Waals surface area (Å²) in [7, 11) is -1.73. The number of fused-ring (bicyclic) bond motifs is 1. The highest BCUT2D eigenvalue weighted by Crippen LogP contribution is 2.37. The summed E-state index contributed by atoms with van der Waals surface area (Å²) < 4.78 is 28.4. The van der Waals surface area contributed by atoms with Gasteiger partial charge >= 0.3 is 0 Å². The number of aliphatic hydroxyl groups is 1. The van der Waals surface area contributed by atoms with Crippen molar-refractivity contribution < 1.29 is 13.5 Å². The third-order valence-corrected chi connectivity index (χ3v) is 6.53. The molecule has 2 rings (SSSR count). The van der Waals surface area contributed by atoms with Gasteiger partial charge in [-0.25, -0.2) is 0 Å². The van der Waals surface area contributed by atoms with E-state index >= 15 is 0 Å². The van der Waals surface area contributed by atoms with Crippen LogP contribution in [0.25, 0.3) is 0 Å². The molecule has 5 nitrogen and oxygen atoms in total. The van der Waals surface area contributed by atoms with Crippen LogP contribution in [0, 0.1) is 5.92 Å². The summed E-state index contributed by atoms with van der Waals surface area (Å²) in [5, 5.41) is 8.84. The van der Waals surface area contributed by atoms with Gasteiger partial charge in [0.05, 0.1) is 0 Å². The van der Waals surface area contributed by atoms with Crippen molar-refractivity contribution in [3.8, 4) is 0 Å². The van der Waals surface area contributed by atoms with E-state index in [1.54, 1.807) is 11.4 Å². The number of hydrogen-bond donors (Lipinski definition) is 1. The molecule has 0 aromatic heterocycles. The monoisotopic (exact) mass is 290 g/mol. The van der Waals surface area contributed by atoms with Gasteiger partial charge in [-0.3, -0.25) is 0 Å². The molecule has 0 aromatic rings. The van der Waals surface area contributed by atoms with Crippen molar-refractivity contribution in [1.82, 2.24) is 8.61 Å². The van der Waals surface area contributed by atoms with Crippen molar-refractivity contribution in [2.75, 3.05) is 26.7 Å². The molecule has 2 fully saturated rings. The Morgan fingerprint density at radius 3 is 2.63 bits per heavy atom. The first-order valence-electron chi connectivity index (χ1n) is 7.41. The van der Waals surface area contributed by atoms with Crippen molar-refractivity contribution in [2.24, 2.45) is 5.92 Å². The Hall–Kier alpha value is -0.170. The number of nitrogens with zero attached hydrogens (tertiary/aromatic N) is 2. The van der Waals surface area contributed by atoms with E-state index in [4.69, 9.17) is 5.11 Å². The largest absolute Gasteiger partial charge is 0.396 e. The van der Waals surface area contributed by atoms with Crippen LogP contribution in [0.3, 0.4) is 0 Å². The van der Waals surface area contributed by atoms with Crippen molar-refractivity contribution in [3.63, 3.8) is 0 Å². The number of hydrogen-bond acceptors (Lipinski definition) is 3. The highest BCUT2D eigenvalue weighted by molar-refractivity contribution is 7.86. The zero-order chi connectivity index (χ0) is 13.9. The molecular formula is C13H26N2O3S. The lowest BCUT2D eigenvalue weighted by molar-refractivity contribution is 0.122. The molecular weight excluding hydrogens is 264 g/mol. The Morgan fingerprint density at radius 1 is 1.21 bits per heavy atom. The summed E-state index contributed by atoms with van der Waals surface area (Å²) in [5.74, 6) is 0.559. The Kier molecular flexibility index (Phi) is 5.22. The molecule has 19 heavy (non-hydrogen) atoms. The molecule has 1 saturated carbocycles. The number of aliphatic hydroxyl groups excluding tert-OH is 1. The van der Waals surface area contributed by atoms with Crippen LogP contribution in [0.5, 0.6) is 0 Å². The van der Waals surface area contributed by atoms with Crippen LogP contribution in [0.15, 0.2) is 0 Å². The first-order valence-corrected chi connectivity index (χ1v) is 8.81. The van der Waals surface area contributed by atoms with Gasteiger partial charge in [-0.05, 0) is 38.0 Å². The second-order valence-electron chi connectivity index (χ2n) is 5.77. The fraction of sp³-hybridized carbons (Fsp3) is 1.00. The third kappa shape index (κ3) is 3.29. The van der Waals surface area contributed by atoms with Crippen LogP contribution in [0.4, 0.5) is 0 Å². The minimum atomic E-state index is -3.35. The van der Waals surface area contributed by atoms with E-state index in [2.05, 4.69) is 0 Å². The molecule has 6 heteroatoms. The van der Waals surface area contributed by atoms with E-state index in [0.717, 1.165) is 19.3 Å². The lowest BCUT2D eigenvalue weighted by Gasteiger charge is -2.44. The maximum Gasteiger partial charge on any atom is 0.281 e. The van der Waals surface area contributed by atoms with Gasteiger partial charge in [-0.1, -0.05) is 12.8 Å². The Morgan fingerprint density at radius 2 is 1.89 bits per heavy atom. The first-order chi connectivity index (χ1) is 9.07. The molecule has 0 aromatic carbocycles. The predicted octanol–water partition coefficient (Wildman–Crippen LogP) is 1.20. The third-order valence-electron chi connectivity index (χ3n) is 4.51. The molecule has 0 spiro atoms. The van der Waals surface area contributed by atoms with E-state index in [1.807, 2.05) is 0 Å². The van der Waals surface area contributed by atoms with Gasteiger partial charge in [0.25, 0.3) is 10.2 Å². The predicted molar refractivity (Wildman–Crippen MR) is 74.9 cm³/mol. The van der Waals surface area contributed by atoms with Crippen molar-refractivity contribution >= 4 is 10.2 Å². The van der Waals surface area contributed by atoms with Gasteiger partial charge in [0.15, 0.2) is 0 Å². The zero-order valence-electron chi connectivity index (χ0n) is 11.8. The summed E-state index contributed by atoms with van der Waals surface area (Å²) in [6.45, 7) is 1.09. The quantitative estimate of drug-likeness (QED) is 0.827. The molecule has 1 heterocycles. The lowest BCUT2D eigenvalue weighted by Crippen LogP contribution is -2.53. The Labute approximate surface area is 116 Å². The van der Waals surface area contributed by atoms with Gasteiger partial charge in [0.2, 0.25) is 0 Å². The highest BCUT2D eigenvalue weighted by atomic mass is 32.2. The minimum absolute atomic E-state index is 0.0336. The van der Waals surface area contributed by atoms with E-state index in [0.29, 0.717) is 25.4 Å². The van der Waals surface area contributed by atoms with E-state index in [9.17, 15) is 8.42 Å². The van der Waals surface area contributed by atoms with Gasteiger partial charge in [-0.15, -0.1) is 0 Å². The van der Waals surface area contributed by atoms with E-state index in [1.165, 1.54) is 23.6 Å². The number of rotatable bonds is 5. The molecule has 1 aliphatic carbocycles.